The first-order chi connectivity index (χ1) is 9.28. The van der Waals surface area contributed by atoms with Gasteiger partial charge >= 0.3 is 0 Å². The molecule has 0 aliphatic carbocycles. The molecule has 4 nitrogen and oxygen atoms in total. The largest absolute Gasteiger partial charge is 0.252 e. The van der Waals surface area contributed by atoms with E-state index in [9.17, 15) is 4.21 Å². The number of fused-ring (bicyclic) bond motifs is 1. The van der Waals surface area contributed by atoms with Crippen LogP contribution >= 0.6 is 27.3 Å². The maximum absolute atomic E-state index is 11.9. The second-order valence-corrected chi connectivity index (χ2v) is 7.32. The Morgan fingerprint density at radius 3 is 2.79 bits per heavy atom. The smallest absolute Gasteiger partial charge is 0.213 e. The van der Waals surface area contributed by atoms with Crippen molar-refractivity contribution in [3.63, 3.8) is 0 Å². The quantitative estimate of drug-likeness (QED) is 0.676. The summed E-state index contributed by atoms with van der Waals surface area (Å²) in [5.74, 6) is 0.572. The first-order valence-corrected chi connectivity index (χ1v) is 8.89. The maximum atomic E-state index is 11.9. The number of alkyl halides is 1. The lowest BCUT2D eigenvalue weighted by Gasteiger charge is -1.93. The van der Waals surface area contributed by atoms with Crippen LogP contribution in [0.1, 0.15) is 0 Å². The fourth-order valence-corrected chi connectivity index (χ4v) is 4.52. The highest BCUT2D eigenvalue weighted by Gasteiger charge is 2.13. The van der Waals surface area contributed by atoms with Crippen LogP contribution in [-0.4, -0.2) is 29.9 Å². The summed E-state index contributed by atoms with van der Waals surface area (Å²) in [6.07, 6.45) is 1.87. The fraction of sp³-hybridized carbons (Fsp3) is 0.167. The number of hydrogen-bond donors (Lipinski definition) is 0. The number of halogens is 1. The molecule has 19 heavy (non-hydrogen) atoms. The maximum Gasteiger partial charge on any atom is 0.213 e. The Hall–Kier alpha value is -1.05. The molecule has 7 heteroatoms. The molecule has 0 saturated carbocycles. The Balaban J connectivity index is 1.96. The lowest BCUT2D eigenvalue weighted by atomic mass is 10.2. The van der Waals surface area contributed by atoms with Crippen LogP contribution < -0.4 is 0 Å². The lowest BCUT2D eigenvalue weighted by Crippen LogP contribution is -1.98. The highest BCUT2D eigenvalue weighted by Crippen LogP contribution is 2.23. The molecular weight excluding hydrogens is 346 g/mol. The second kappa shape index (κ2) is 5.52. The van der Waals surface area contributed by atoms with E-state index >= 15 is 0 Å². The van der Waals surface area contributed by atoms with Crippen molar-refractivity contribution in [3.8, 4) is 11.3 Å². The van der Waals surface area contributed by atoms with Gasteiger partial charge in [0.25, 0.3) is 0 Å². The molecule has 0 aliphatic rings. The van der Waals surface area contributed by atoms with E-state index in [0.717, 1.165) is 16.2 Å². The summed E-state index contributed by atoms with van der Waals surface area (Å²) in [4.78, 5) is 5.29. The van der Waals surface area contributed by atoms with Crippen molar-refractivity contribution in [2.75, 3.05) is 11.1 Å². The zero-order valence-electron chi connectivity index (χ0n) is 9.82. The van der Waals surface area contributed by atoms with Gasteiger partial charge < -0.3 is 0 Å². The van der Waals surface area contributed by atoms with Crippen molar-refractivity contribution in [2.24, 2.45) is 0 Å². The monoisotopic (exact) mass is 355 g/mol. The van der Waals surface area contributed by atoms with Crippen LogP contribution in [0.25, 0.3) is 16.2 Å². The van der Waals surface area contributed by atoms with Crippen LogP contribution in [0.4, 0.5) is 0 Å². The van der Waals surface area contributed by atoms with Crippen LogP contribution in [0.2, 0.25) is 0 Å². The molecule has 3 aromatic rings. The van der Waals surface area contributed by atoms with Gasteiger partial charge in [-0.05, 0) is 0 Å². The number of rotatable bonds is 4. The normalized spacial score (nSPS) is 12.9. The van der Waals surface area contributed by atoms with E-state index in [0.29, 0.717) is 15.4 Å². The topological polar surface area (TPSA) is 47.3 Å². The van der Waals surface area contributed by atoms with E-state index in [1.165, 1.54) is 11.3 Å². The summed E-state index contributed by atoms with van der Waals surface area (Å²) in [5.41, 5.74) is 1.94. The van der Waals surface area contributed by atoms with E-state index in [1.807, 2.05) is 36.5 Å². The minimum atomic E-state index is -1.05. The number of benzene rings is 1. The van der Waals surface area contributed by atoms with E-state index in [-0.39, 0.29) is 0 Å². The van der Waals surface area contributed by atoms with Gasteiger partial charge in [-0.2, -0.15) is 0 Å². The molecule has 1 aromatic carbocycles. The first-order valence-electron chi connectivity index (χ1n) is 5.64. The lowest BCUT2D eigenvalue weighted by molar-refractivity contribution is 0.681. The summed E-state index contributed by atoms with van der Waals surface area (Å²) in [6, 6.07) is 9.95. The minimum absolute atomic E-state index is 0.572. The van der Waals surface area contributed by atoms with Crippen LogP contribution in [0.15, 0.2) is 40.9 Å². The van der Waals surface area contributed by atoms with E-state index < -0.39 is 10.8 Å². The zero-order valence-corrected chi connectivity index (χ0v) is 13.0. The number of imidazole rings is 1. The van der Waals surface area contributed by atoms with E-state index in [1.54, 1.807) is 4.52 Å². The summed E-state index contributed by atoms with van der Waals surface area (Å²) in [5, 5.41) is 5.03. The fourth-order valence-electron chi connectivity index (χ4n) is 1.68. The third-order valence-electron chi connectivity index (χ3n) is 2.55. The minimum Gasteiger partial charge on any atom is -0.252 e. The number of nitrogens with zero attached hydrogens (tertiary/aromatic N) is 3. The average Bonchev–Trinajstić information content (AvgIpc) is 2.98. The summed E-state index contributed by atoms with van der Waals surface area (Å²) < 4.78 is 14.2. The van der Waals surface area contributed by atoms with Gasteiger partial charge in [-0.3, -0.25) is 4.21 Å². The molecule has 0 radical (unpaired) electrons. The van der Waals surface area contributed by atoms with Crippen molar-refractivity contribution in [3.05, 3.63) is 36.5 Å². The van der Waals surface area contributed by atoms with Gasteiger partial charge in [0, 0.05) is 16.6 Å². The van der Waals surface area contributed by atoms with Crippen molar-refractivity contribution >= 4 is 43.0 Å². The standard InChI is InChI=1S/C12H10BrN3OS2/c13-6-7-19(17)12-15-16-8-10(14-11(16)18-12)9-4-2-1-3-5-9/h1-5,8H,6-7H2. The van der Waals surface area contributed by atoms with Crippen LogP contribution in [0, 0.1) is 0 Å². The molecule has 1 unspecified atom stereocenters. The molecule has 0 saturated heterocycles. The molecule has 0 amide bonds. The third kappa shape index (κ3) is 2.63. The van der Waals surface area contributed by atoms with Crippen molar-refractivity contribution < 1.29 is 4.21 Å². The Bertz CT molecular complexity index is 691. The van der Waals surface area contributed by atoms with Crippen molar-refractivity contribution in [1.82, 2.24) is 14.6 Å². The van der Waals surface area contributed by atoms with Crippen molar-refractivity contribution in [2.45, 2.75) is 4.34 Å². The predicted octanol–water partition coefficient (Wildman–Crippen LogP) is 2.96. The van der Waals surface area contributed by atoms with Crippen LogP contribution in [-0.2, 0) is 10.8 Å². The van der Waals surface area contributed by atoms with Gasteiger partial charge in [0.2, 0.25) is 9.30 Å². The van der Waals surface area contributed by atoms with Crippen molar-refractivity contribution in [1.29, 1.82) is 0 Å². The third-order valence-corrected chi connectivity index (χ3v) is 6.04. The molecule has 98 valence electrons. The van der Waals surface area contributed by atoms with E-state index in [2.05, 4.69) is 26.0 Å². The predicted molar refractivity (Wildman–Crippen MR) is 81.4 cm³/mol. The zero-order chi connectivity index (χ0) is 13.2. The first kappa shape index (κ1) is 13.0. The van der Waals surface area contributed by atoms with Gasteiger partial charge in [-0.25, -0.2) is 9.50 Å². The SMILES string of the molecule is O=S(CCBr)c1nn2cc(-c3ccccc3)nc2s1. The Morgan fingerprint density at radius 2 is 2.11 bits per heavy atom. The van der Waals surface area contributed by atoms with E-state index in [4.69, 9.17) is 0 Å². The average molecular weight is 356 g/mol. The van der Waals surface area contributed by atoms with Gasteiger partial charge in [-0.1, -0.05) is 57.6 Å². The molecule has 2 aromatic heterocycles. The molecule has 0 fully saturated rings. The summed E-state index contributed by atoms with van der Waals surface area (Å²) >= 11 is 4.67. The van der Waals surface area contributed by atoms with Gasteiger partial charge in [-0.15, -0.1) is 5.10 Å². The number of aromatic nitrogens is 3. The molecule has 2 heterocycles. The summed E-state index contributed by atoms with van der Waals surface area (Å²) in [7, 11) is -1.05. The molecule has 0 N–H and O–H groups in total. The second-order valence-electron chi connectivity index (χ2n) is 3.83. The highest BCUT2D eigenvalue weighted by atomic mass is 79.9. The van der Waals surface area contributed by atoms with Crippen LogP contribution in [0.3, 0.4) is 0 Å². The van der Waals surface area contributed by atoms with Gasteiger partial charge in [0.1, 0.15) is 0 Å². The molecule has 1 atom stereocenters. The molecule has 3 rings (SSSR count). The van der Waals surface area contributed by atoms with Gasteiger partial charge in [0.05, 0.1) is 22.7 Å². The Kier molecular flexibility index (Phi) is 3.76. The summed E-state index contributed by atoms with van der Waals surface area (Å²) in [6.45, 7) is 0. The Labute approximate surface area is 125 Å². The number of hydrogen-bond acceptors (Lipinski definition) is 4. The highest BCUT2D eigenvalue weighted by molar-refractivity contribution is 9.09. The molecule has 0 aliphatic heterocycles. The molecule has 0 bridgehead atoms. The van der Waals surface area contributed by atoms with Crippen LogP contribution in [0.5, 0.6) is 0 Å². The Morgan fingerprint density at radius 1 is 1.32 bits per heavy atom. The molecular formula is C12H10BrN3OS2. The molecule has 0 spiro atoms. The van der Waals surface area contributed by atoms with Gasteiger partial charge in [0.15, 0.2) is 0 Å².